The maximum absolute atomic E-state index is 12.8. The molecule has 0 aliphatic heterocycles. The van der Waals surface area contributed by atoms with E-state index < -0.39 is 16.2 Å². The summed E-state index contributed by atoms with van der Waals surface area (Å²) in [5.74, 6) is 0.581. The zero-order valence-corrected chi connectivity index (χ0v) is 26.8. The molecule has 0 spiro atoms. The van der Waals surface area contributed by atoms with Crippen molar-refractivity contribution in [3.05, 3.63) is 71.8 Å². The molecule has 0 aliphatic rings. The zero-order valence-electron chi connectivity index (χ0n) is 26.8. The van der Waals surface area contributed by atoms with Gasteiger partial charge in [0.2, 0.25) is 17.7 Å². The molecule has 0 saturated carbocycles. The molecule has 230 valence electrons. The van der Waals surface area contributed by atoms with Crippen LogP contribution in [0.2, 0.25) is 0 Å². The van der Waals surface area contributed by atoms with Crippen LogP contribution < -0.4 is 16.0 Å². The van der Waals surface area contributed by atoms with E-state index in [1.807, 2.05) is 92.6 Å². The molecule has 0 saturated heterocycles. The van der Waals surface area contributed by atoms with Gasteiger partial charge in [-0.1, -0.05) is 74.4 Å². The number of anilines is 3. The summed E-state index contributed by atoms with van der Waals surface area (Å²) in [6, 6.07) is 14.7. The van der Waals surface area contributed by atoms with Crippen LogP contribution in [0.5, 0.6) is 0 Å². The van der Waals surface area contributed by atoms with Crippen LogP contribution in [-0.2, 0) is 34.0 Å². The Morgan fingerprint density at radius 1 is 0.605 bits per heavy atom. The molecule has 0 aromatic carbocycles. The van der Waals surface area contributed by atoms with E-state index in [-0.39, 0.29) is 17.7 Å². The van der Waals surface area contributed by atoms with E-state index in [4.69, 9.17) is 9.97 Å². The summed E-state index contributed by atoms with van der Waals surface area (Å²) >= 11 is 0. The lowest BCUT2D eigenvalue weighted by Crippen LogP contribution is -2.30. The average molecular weight is 588 g/mol. The Kier molecular flexibility index (Phi) is 10.4. The molecule has 3 rings (SSSR count). The predicted octanol–water partition coefficient (Wildman–Crippen LogP) is 6.03. The van der Waals surface area contributed by atoms with Crippen molar-refractivity contribution in [1.29, 1.82) is 0 Å². The number of carbonyl (C=O) groups is 3. The minimum Gasteiger partial charge on any atom is -0.324 e. The normalized spacial score (nSPS) is 12.1. The van der Waals surface area contributed by atoms with Gasteiger partial charge in [0.15, 0.2) is 0 Å². The van der Waals surface area contributed by atoms with Crippen LogP contribution in [0, 0.1) is 16.2 Å². The number of rotatable bonds is 9. The van der Waals surface area contributed by atoms with Gasteiger partial charge < -0.3 is 16.0 Å². The van der Waals surface area contributed by atoms with E-state index in [1.165, 1.54) is 0 Å². The van der Waals surface area contributed by atoms with Crippen LogP contribution >= 0.6 is 0 Å². The third-order valence-corrected chi connectivity index (χ3v) is 6.42. The van der Waals surface area contributed by atoms with Gasteiger partial charge in [0.1, 0.15) is 11.6 Å². The summed E-state index contributed by atoms with van der Waals surface area (Å²) in [6.45, 7) is 17.9. The van der Waals surface area contributed by atoms with E-state index >= 15 is 0 Å². The number of pyridine rings is 3. The predicted molar refractivity (Wildman–Crippen MR) is 170 cm³/mol. The number of carbonyl (C=O) groups excluding carboxylic acids is 3. The second-order valence-corrected chi connectivity index (χ2v) is 13.8. The average Bonchev–Trinajstić information content (AvgIpc) is 2.88. The van der Waals surface area contributed by atoms with Crippen molar-refractivity contribution < 1.29 is 14.4 Å². The van der Waals surface area contributed by atoms with Crippen molar-refractivity contribution in [2.75, 3.05) is 16.0 Å². The van der Waals surface area contributed by atoms with Crippen LogP contribution in [0.1, 0.15) is 79.4 Å². The maximum Gasteiger partial charge on any atom is 0.230 e. The van der Waals surface area contributed by atoms with Gasteiger partial charge in [-0.3, -0.25) is 24.3 Å². The van der Waals surface area contributed by atoms with Gasteiger partial charge in [-0.2, -0.15) is 0 Å². The second kappa shape index (κ2) is 13.4. The van der Waals surface area contributed by atoms with Gasteiger partial charge in [0, 0.05) is 42.1 Å². The van der Waals surface area contributed by atoms with E-state index in [1.54, 1.807) is 24.4 Å². The molecule has 0 aliphatic carbocycles. The van der Waals surface area contributed by atoms with Crippen LogP contribution in [0.25, 0.3) is 0 Å². The largest absolute Gasteiger partial charge is 0.324 e. The molecule has 0 fully saturated rings. The van der Waals surface area contributed by atoms with Crippen molar-refractivity contribution >= 4 is 35.0 Å². The minimum atomic E-state index is -0.573. The lowest BCUT2D eigenvalue weighted by molar-refractivity contribution is -0.123. The summed E-state index contributed by atoms with van der Waals surface area (Å²) in [6.07, 6.45) is 1.70. The molecule has 3 amide bonds. The second-order valence-electron chi connectivity index (χ2n) is 13.8. The molecular formula is C33H45N7O3. The summed E-state index contributed by atoms with van der Waals surface area (Å²) in [5.41, 5.74) is 1.10. The first kappa shape index (κ1) is 33.3. The first-order valence-electron chi connectivity index (χ1n) is 14.4. The lowest BCUT2D eigenvalue weighted by Gasteiger charge is -2.24. The van der Waals surface area contributed by atoms with Gasteiger partial charge >= 0.3 is 0 Å². The van der Waals surface area contributed by atoms with E-state index in [2.05, 4.69) is 25.8 Å². The highest BCUT2D eigenvalue weighted by molar-refractivity contribution is 5.95. The van der Waals surface area contributed by atoms with E-state index in [0.29, 0.717) is 42.7 Å². The highest BCUT2D eigenvalue weighted by Gasteiger charge is 2.25. The summed E-state index contributed by atoms with van der Waals surface area (Å²) in [5, 5.41) is 8.81. The third kappa shape index (κ3) is 10.2. The van der Waals surface area contributed by atoms with E-state index in [0.717, 1.165) is 11.4 Å². The topological polar surface area (TPSA) is 129 Å². The highest BCUT2D eigenvalue weighted by atomic mass is 16.2. The number of hydrogen-bond acceptors (Lipinski definition) is 7. The molecule has 0 bridgehead atoms. The van der Waals surface area contributed by atoms with E-state index in [9.17, 15) is 14.4 Å². The van der Waals surface area contributed by atoms with Crippen LogP contribution in [0.15, 0.2) is 54.7 Å². The van der Waals surface area contributed by atoms with Crippen molar-refractivity contribution in [2.24, 2.45) is 16.2 Å². The molecule has 3 N–H and O–H groups in total. The Bertz CT molecular complexity index is 1380. The molecule has 0 unspecified atom stereocenters. The Morgan fingerprint density at radius 2 is 1.05 bits per heavy atom. The van der Waals surface area contributed by atoms with Gasteiger partial charge in [-0.25, -0.2) is 9.97 Å². The fourth-order valence-corrected chi connectivity index (χ4v) is 3.71. The lowest BCUT2D eigenvalue weighted by atomic mass is 9.95. The Balaban J connectivity index is 1.92. The molecular weight excluding hydrogens is 542 g/mol. The highest BCUT2D eigenvalue weighted by Crippen LogP contribution is 2.23. The number of nitrogens with one attached hydrogen (secondary N) is 3. The molecule has 10 nitrogen and oxygen atoms in total. The fourth-order valence-electron chi connectivity index (χ4n) is 3.71. The Labute approximate surface area is 255 Å². The quantitative estimate of drug-likeness (QED) is 0.279. The van der Waals surface area contributed by atoms with Crippen molar-refractivity contribution in [2.45, 2.75) is 81.9 Å². The molecule has 0 radical (unpaired) electrons. The summed E-state index contributed by atoms with van der Waals surface area (Å²) < 4.78 is 0. The number of amides is 3. The molecule has 43 heavy (non-hydrogen) atoms. The zero-order chi connectivity index (χ0) is 32.0. The Hall–Kier alpha value is -4.18. The monoisotopic (exact) mass is 587 g/mol. The smallest absolute Gasteiger partial charge is 0.230 e. The standard InChI is InChI=1S/C33H45N7O3/c1-31(2,3)28(41)37-24-15-12-18-34-25(24)21-40(19-22-13-10-16-26(35-22)38-29(42)32(4,5)6)20-23-14-11-17-27(36-23)39-30(43)33(7,8)9/h10-18H,19-21H2,1-9H3,(H,37,41)(H,35,38,42)(H,36,39,43). The van der Waals surface area contributed by atoms with Gasteiger partial charge in [-0.05, 0) is 36.4 Å². The SMILES string of the molecule is CC(C)(C)C(=O)Nc1cccc(CN(Cc2cccc(NC(=O)C(C)(C)C)n2)Cc2ncccc2NC(=O)C(C)(C)C)n1. The Morgan fingerprint density at radius 3 is 1.49 bits per heavy atom. The first-order valence-corrected chi connectivity index (χ1v) is 14.4. The summed E-state index contributed by atoms with van der Waals surface area (Å²) in [4.78, 5) is 54.0. The van der Waals surface area contributed by atoms with Gasteiger partial charge in [-0.15, -0.1) is 0 Å². The maximum atomic E-state index is 12.8. The van der Waals surface area contributed by atoms with Gasteiger partial charge in [0.05, 0.1) is 22.8 Å². The van der Waals surface area contributed by atoms with Gasteiger partial charge in [0.25, 0.3) is 0 Å². The fraction of sp³-hybridized carbons (Fsp3) is 0.455. The van der Waals surface area contributed by atoms with Crippen LogP contribution in [0.4, 0.5) is 17.3 Å². The van der Waals surface area contributed by atoms with Crippen molar-refractivity contribution in [1.82, 2.24) is 19.9 Å². The van der Waals surface area contributed by atoms with Crippen LogP contribution in [0.3, 0.4) is 0 Å². The molecule has 10 heteroatoms. The minimum absolute atomic E-state index is 0.110. The number of aromatic nitrogens is 3. The molecule has 3 aromatic heterocycles. The van der Waals surface area contributed by atoms with Crippen molar-refractivity contribution in [3.8, 4) is 0 Å². The third-order valence-electron chi connectivity index (χ3n) is 6.42. The number of nitrogens with zero attached hydrogens (tertiary/aromatic N) is 4. The van der Waals surface area contributed by atoms with Crippen molar-refractivity contribution in [3.63, 3.8) is 0 Å². The molecule has 3 heterocycles. The summed E-state index contributed by atoms with van der Waals surface area (Å²) in [7, 11) is 0. The first-order chi connectivity index (χ1) is 19.9. The molecule has 0 atom stereocenters. The van der Waals surface area contributed by atoms with Crippen LogP contribution in [-0.4, -0.2) is 37.6 Å². The number of hydrogen-bond donors (Lipinski definition) is 3. The molecule has 3 aromatic rings.